The van der Waals surface area contributed by atoms with E-state index in [2.05, 4.69) is 10.6 Å². The fraction of sp³-hybridized carbons (Fsp3) is 0.222. The fourth-order valence-corrected chi connectivity index (χ4v) is 4.11. The lowest BCUT2D eigenvalue weighted by atomic mass is 9.96. The van der Waals surface area contributed by atoms with Crippen molar-refractivity contribution in [2.45, 2.75) is 19.4 Å². The van der Waals surface area contributed by atoms with Gasteiger partial charge in [-0.2, -0.15) is 0 Å². The lowest BCUT2D eigenvalue weighted by molar-refractivity contribution is -0.126. The Morgan fingerprint density at radius 1 is 0.882 bits per heavy atom. The Morgan fingerprint density at radius 2 is 1.56 bits per heavy atom. The highest BCUT2D eigenvalue weighted by Gasteiger charge is 2.28. The van der Waals surface area contributed by atoms with E-state index in [-0.39, 0.29) is 23.6 Å². The van der Waals surface area contributed by atoms with Gasteiger partial charge in [-0.05, 0) is 66.9 Å². The zero-order valence-corrected chi connectivity index (χ0v) is 19.4. The van der Waals surface area contributed by atoms with Crippen LogP contribution in [0.1, 0.15) is 39.1 Å². The van der Waals surface area contributed by atoms with Gasteiger partial charge < -0.3 is 15.5 Å². The molecule has 1 heterocycles. The third kappa shape index (κ3) is 6.02. The number of anilines is 1. The summed E-state index contributed by atoms with van der Waals surface area (Å²) >= 11 is 5.87. The molecule has 1 fully saturated rings. The number of hydrogen-bond acceptors (Lipinski definition) is 3. The van der Waals surface area contributed by atoms with E-state index in [9.17, 15) is 14.4 Å². The SMILES string of the molecule is O=C(Nc1ccc(C(=O)N2CCCC(C(=O)NCc3ccccc3)C2)cc1)c1ccc(Cl)cc1. The Balaban J connectivity index is 1.32. The van der Waals surface area contributed by atoms with Crippen LogP contribution in [0.4, 0.5) is 5.69 Å². The first-order valence-electron chi connectivity index (χ1n) is 11.3. The zero-order valence-electron chi connectivity index (χ0n) is 18.7. The molecule has 2 N–H and O–H groups in total. The van der Waals surface area contributed by atoms with Crippen LogP contribution in [0.5, 0.6) is 0 Å². The first kappa shape index (κ1) is 23.5. The van der Waals surface area contributed by atoms with E-state index in [1.165, 1.54) is 0 Å². The number of carbonyl (C=O) groups is 3. The number of nitrogens with one attached hydrogen (secondary N) is 2. The van der Waals surface area contributed by atoms with Gasteiger partial charge in [0.05, 0.1) is 5.92 Å². The second-order valence-electron chi connectivity index (χ2n) is 8.33. The summed E-state index contributed by atoms with van der Waals surface area (Å²) in [4.78, 5) is 39.8. The zero-order chi connectivity index (χ0) is 23.9. The normalized spacial score (nSPS) is 15.4. The first-order chi connectivity index (χ1) is 16.5. The van der Waals surface area contributed by atoms with Gasteiger partial charge in [0.1, 0.15) is 0 Å². The van der Waals surface area contributed by atoms with E-state index in [1.54, 1.807) is 53.4 Å². The Labute approximate surface area is 203 Å². The summed E-state index contributed by atoms with van der Waals surface area (Å²) in [5, 5.41) is 6.36. The molecule has 3 aromatic carbocycles. The van der Waals surface area contributed by atoms with E-state index in [0.717, 1.165) is 18.4 Å². The van der Waals surface area contributed by atoms with E-state index >= 15 is 0 Å². The van der Waals surface area contributed by atoms with Crippen LogP contribution in [0.3, 0.4) is 0 Å². The Morgan fingerprint density at radius 3 is 2.26 bits per heavy atom. The average Bonchev–Trinajstić information content (AvgIpc) is 2.88. The molecule has 1 aliphatic heterocycles. The summed E-state index contributed by atoms with van der Waals surface area (Å²) in [5.41, 5.74) is 2.65. The molecule has 3 amide bonds. The van der Waals surface area contributed by atoms with Crippen molar-refractivity contribution in [2.24, 2.45) is 5.92 Å². The molecule has 0 saturated carbocycles. The van der Waals surface area contributed by atoms with Crippen LogP contribution >= 0.6 is 11.6 Å². The van der Waals surface area contributed by atoms with Crippen LogP contribution in [-0.4, -0.2) is 35.7 Å². The van der Waals surface area contributed by atoms with Gasteiger partial charge in [-0.15, -0.1) is 0 Å². The molecule has 0 bridgehead atoms. The average molecular weight is 476 g/mol. The highest BCUT2D eigenvalue weighted by Crippen LogP contribution is 2.20. The smallest absolute Gasteiger partial charge is 0.255 e. The number of hydrogen-bond donors (Lipinski definition) is 2. The van der Waals surface area contributed by atoms with Crippen molar-refractivity contribution >= 4 is 35.0 Å². The summed E-state index contributed by atoms with van der Waals surface area (Å²) in [7, 11) is 0. The monoisotopic (exact) mass is 475 g/mol. The summed E-state index contributed by atoms with van der Waals surface area (Å²) in [6.45, 7) is 1.50. The molecule has 0 aromatic heterocycles. The molecule has 34 heavy (non-hydrogen) atoms. The van der Waals surface area contributed by atoms with Crippen LogP contribution in [0.25, 0.3) is 0 Å². The lowest BCUT2D eigenvalue weighted by Crippen LogP contribution is -2.45. The topological polar surface area (TPSA) is 78.5 Å². The summed E-state index contributed by atoms with van der Waals surface area (Å²) < 4.78 is 0. The largest absolute Gasteiger partial charge is 0.352 e. The minimum Gasteiger partial charge on any atom is -0.352 e. The number of carbonyl (C=O) groups excluding carboxylic acids is 3. The molecule has 7 heteroatoms. The van der Waals surface area contributed by atoms with Gasteiger partial charge in [-0.3, -0.25) is 14.4 Å². The van der Waals surface area contributed by atoms with Crippen molar-refractivity contribution in [1.29, 1.82) is 0 Å². The Bertz CT molecular complexity index is 1150. The van der Waals surface area contributed by atoms with Gasteiger partial charge in [0.2, 0.25) is 5.91 Å². The van der Waals surface area contributed by atoms with Crippen LogP contribution in [0.2, 0.25) is 5.02 Å². The van der Waals surface area contributed by atoms with Crippen molar-refractivity contribution in [3.05, 3.63) is 101 Å². The van der Waals surface area contributed by atoms with Gasteiger partial charge in [-0.25, -0.2) is 0 Å². The molecule has 1 aliphatic rings. The number of likely N-dealkylation sites (tertiary alicyclic amines) is 1. The third-order valence-corrected chi connectivity index (χ3v) is 6.14. The maximum atomic E-state index is 13.0. The van der Waals surface area contributed by atoms with Gasteiger partial charge >= 0.3 is 0 Å². The van der Waals surface area contributed by atoms with E-state index in [0.29, 0.717) is 41.5 Å². The number of nitrogens with zero attached hydrogens (tertiary/aromatic N) is 1. The molecule has 4 rings (SSSR count). The minimum atomic E-state index is -0.254. The highest BCUT2D eigenvalue weighted by molar-refractivity contribution is 6.30. The van der Waals surface area contributed by atoms with Crippen LogP contribution in [0.15, 0.2) is 78.9 Å². The summed E-state index contributed by atoms with van der Waals surface area (Å²) in [6.07, 6.45) is 1.55. The number of benzene rings is 3. The standard InChI is InChI=1S/C27H26ClN3O3/c28-23-12-8-20(9-13-23)26(33)30-24-14-10-21(11-15-24)27(34)31-16-4-7-22(18-31)25(32)29-17-19-5-2-1-3-6-19/h1-3,5-6,8-15,22H,4,7,16-18H2,(H,29,32)(H,30,33). The molecule has 6 nitrogen and oxygen atoms in total. The van der Waals surface area contributed by atoms with E-state index in [1.807, 2.05) is 30.3 Å². The highest BCUT2D eigenvalue weighted by atomic mass is 35.5. The van der Waals surface area contributed by atoms with E-state index in [4.69, 9.17) is 11.6 Å². The van der Waals surface area contributed by atoms with E-state index < -0.39 is 0 Å². The lowest BCUT2D eigenvalue weighted by Gasteiger charge is -2.32. The second kappa shape index (κ2) is 11.0. The molecule has 3 aromatic rings. The molecular formula is C27H26ClN3O3. The predicted octanol–water partition coefficient (Wildman–Crippen LogP) is 4.76. The number of rotatable bonds is 6. The molecule has 1 unspecified atom stereocenters. The minimum absolute atomic E-state index is 0.0263. The Kier molecular flexibility index (Phi) is 7.60. The van der Waals surface area contributed by atoms with Crippen molar-refractivity contribution in [1.82, 2.24) is 10.2 Å². The van der Waals surface area contributed by atoms with Crippen molar-refractivity contribution in [2.75, 3.05) is 18.4 Å². The summed E-state index contributed by atoms with van der Waals surface area (Å²) in [5.74, 6) is -0.617. The fourth-order valence-electron chi connectivity index (χ4n) is 3.99. The van der Waals surface area contributed by atoms with Gasteiger partial charge in [-0.1, -0.05) is 41.9 Å². The quantitative estimate of drug-likeness (QED) is 0.539. The first-order valence-corrected chi connectivity index (χ1v) is 11.7. The third-order valence-electron chi connectivity index (χ3n) is 5.89. The molecule has 1 saturated heterocycles. The molecule has 174 valence electrons. The molecule has 0 aliphatic carbocycles. The van der Waals surface area contributed by atoms with Crippen molar-refractivity contribution < 1.29 is 14.4 Å². The molecule has 0 spiro atoms. The van der Waals surface area contributed by atoms with Crippen LogP contribution in [-0.2, 0) is 11.3 Å². The van der Waals surface area contributed by atoms with Gasteiger partial charge in [0.15, 0.2) is 0 Å². The molecular weight excluding hydrogens is 450 g/mol. The van der Waals surface area contributed by atoms with Crippen molar-refractivity contribution in [3.63, 3.8) is 0 Å². The number of amides is 3. The molecule has 0 radical (unpaired) electrons. The number of halogens is 1. The number of piperidine rings is 1. The second-order valence-corrected chi connectivity index (χ2v) is 8.77. The molecule has 1 atom stereocenters. The maximum absolute atomic E-state index is 13.0. The summed E-state index contributed by atoms with van der Waals surface area (Å²) in [6, 6.07) is 23.2. The maximum Gasteiger partial charge on any atom is 0.255 e. The predicted molar refractivity (Wildman–Crippen MR) is 133 cm³/mol. The van der Waals surface area contributed by atoms with Gasteiger partial charge in [0.25, 0.3) is 11.8 Å². The van der Waals surface area contributed by atoms with Crippen LogP contribution < -0.4 is 10.6 Å². The van der Waals surface area contributed by atoms with Gasteiger partial charge in [0, 0.05) is 41.5 Å². The van der Waals surface area contributed by atoms with Crippen molar-refractivity contribution in [3.8, 4) is 0 Å². The Hall–Kier alpha value is -3.64. The van der Waals surface area contributed by atoms with Crippen LogP contribution in [0, 0.1) is 5.92 Å².